The first-order valence-corrected chi connectivity index (χ1v) is 7.28. The maximum atomic E-state index is 11.0. The lowest BCUT2D eigenvalue weighted by Crippen LogP contribution is -2.08. The summed E-state index contributed by atoms with van der Waals surface area (Å²) in [5, 5.41) is 10.5. The number of hydrogen-bond donors (Lipinski definition) is 1. The van der Waals surface area contributed by atoms with Crippen LogP contribution < -0.4 is 0 Å². The van der Waals surface area contributed by atoms with Gasteiger partial charge in [-0.2, -0.15) is 0 Å². The van der Waals surface area contributed by atoms with E-state index in [4.69, 9.17) is 39.9 Å². The van der Waals surface area contributed by atoms with E-state index in [0.717, 1.165) is 0 Å². The molecule has 3 aromatic rings. The highest BCUT2D eigenvalue weighted by Crippen LogP contribution is 2.39. The Balaban J connectivity index is 2.34. The first-order chi connectivity index (χ1) is 10.5. The predicted molar refractivity (Wildman–Crippen MR) is 85.6 cm³/mol. The van der Waals surface area contributed by atoms with Gasteiger partial charge in [0.15, 0.2) is 0 Å². The van der Waals surface area contributed by atoms with Gasteiger partial charge in [-0.15, -0.1) is 0 Å². The Morgan fingerprint density at radius 3 is 2.68 bits per heavy atom. The van der Waals surface area contributed by atoms with Crippen molar-refractivity contribution in [1.82, 2.24) is 14.5 Å². The number of nitrogens with zero attached hydrogens (tertiary/aromatic N) is 3. The molecular weight excluding hydrogens is 349 g/mol. The van der Waals surface area contributed by atoms with Gasteiger partial charge in [0.2, 0.25) is 0 Å². The summed E-state index contributed by atoms with van der Waals surface area (Å²) >= 11 is 18.5. The van der Waals surface area contributed by atoms with Gasteiger partial charge in [-0.3, -0.25) is 4.79 Å². The van der Waals surface area contributed by atoms with E-state index in [-0.39, 0.29) is 11.7 Å². The molecule has 0 aliphatic carbocycles. The van der Waals surface area contributed by atoms with Crippen molar-refractivity contribution < 1.29 is 9.90 Å². The van der Waals surface area contributed by atoms with Crippen LogP contribution in [0.5, 0.6) is 0 Å². The first kappa shape index (κ1) is 15.1. The van der Waals surface area contributed by atoms with E-state index in [1.165, 1.54) is 10.9 Å². The van der Waals surface area contributed by atoms with Crippen molar-refractivity contribution in [2.45, 2.75) is 6.54 Å². The number of carboxylic acid groups (broad SMARTS) is 1. The van der Waals surface area contributed by atoms with Crippen molar-refractivity contribution in [3.05, 3.63) is 45.9 Å². The summed E-state index contributed by atoms with van der Waals surface area (Å²) in [6.45, 7) is -0.248. The second-order valence-corrected chi connectivity index (χ2v) is 5.67. The van der Waals surface area contributed by atoms with Crippen LogP contribution in [0.15, 0.2) is 30.7 Å². The highest BCUT2D eigenvalue weighted by Gasteiger charge is 2.19. The number of rotatable bonds is 3. The average molecular weight is 357 g/mol. The number of carboxylic acids is 1. The molecule has 1 aromatic carbocycles. The summed E-state index contributed by atoms with van der Waals surface area (Å²) in [7, 11) is 0. The van der Waals surface area contributed by atoms with Crippen molar-refractivity contribution in [3.63, 3.8) is 0 Å². The zero-order valence-corrected chi connectivity index (χ0v) is 13.2. The zero-order chi connectivity index (χ0) is 15.9. The number of carbonyl (C=O) groups is 1. The highest BCUT2D eigenvalue weighted by atomic mass is 35.5. The van der Waals surface area contributed by atoms with Crippen molar-refractivity contribution in [2.75, 3.05) is 0 Å². The fourth-order valence-corrected chi connectivity index (χ4v) is 2.90. The summed E-state index contributed by atoms with van der Waals surface area (Å²) < 4.78 is 1.48. The van der Waals surface area contributed by atoms with Crippen LogP contribution in [0.4, 0.5) is 0 Å². The summed E-state index contributed by atoms with van der Waals surface area (Å²) in [6, 6.07) is 5.20. The number of aliphatic carboxylic acids is 1. The van der Waals surface area contributed by atoms with E-state index in [1.807, 2.05) is 0 Å². The van der Waals surface area contributed by atoms with E-state index in [2.05, 4.69) is 9.97 Å². The van der Waals surface area contributed by atoms with Crippen molar-refractivity contribution in [3.8, 4) is 11.1 Å². The number of halogens is 3. The minimum Gasteiger partial charge on any atom is -0.480 e. The molecule has 2 heterocycles. The van der Waals surface area contributed by atoms with Crippen LogP contribution >= 0.6 is 34.8 Å². The second-order valence-electron chi connectivity index (χ2n) is 4.53. The van der Waals surface area contributed by atoms with E-state index < -0.39 is 5.97 Å². The smallest absolute Gasteiger partial charge is 0.323 e. The van der Waals surface area contributed by atoms with Crippen LogP contribution in [0.25, 0.3) is 22.2 Å². The molecule has 0 aliphatic rings. The molecule has 2 aromatic heterocycles. The minimum absolute atomic E-state index is 0.222. The van der Waals surface area contributed by atoms with Crippen LogP contribution in [0, 0.1) is 0 Å². The van der Waals surface area contributed by atoms with Gasteiger partial charge in [0.05, 0.1) is 15.4 Å². The number of aromatic nitrogens is 3. The zero-order valence-electron chi connectivity index (χ0n) is 10.9. The number of fused-ring (bicyclic) bond motifs is 1. The predicted octanol–water partition coefficient (Wildman–Crippen LogP) is 4.14. The largest absolute Gasteiger partial charge is 0.480 e. The van der Waals surface area contributed by atoms with Gasteiger partial charge < -0.3 is 9.67 Å². The molecule has 0 bridgehead atoms. The third kappa shape index (κ3) is 2.52. The lowest BCUT2D eigenvalue weighted by Gasteiger charge is -2.04. The van der Waals surface area contributed by atoms with Gasteiger partial charge in [0.1, 0.15) is 23.7 Å². The molecule has 3 rings (SSSR count). The third-order valence-electron chi connectivity index (χ3n) is 3.15. The minimum atomic E-state index is -0.990. The highest BCUT2D eigenvalue weighted by molar-refractivity contribution is 6.44. The first-order valence-electron chi connectivity index (χ1n) is 6.14. The molecular formula is C14H8Cl3N3O2. The summed E-state index contributed by atoms with van der Waals surface area (Å²) in [4.78, 5) is 19.1. The third-order valence-corrected chi connectivity index (χ3v) is 4.26. The normalized spacial score (nSPS) is 11.0. The Morgan fingerprint density at radius 1 is 1.18 bits per heavy atom. The molecule has 0 aliphatic heterocycles. The Hall–Kier alpha value is -1.82. The van der Waals surface area contributed by atoms with Gasteiger partial charge >= 0.3 is 5.97 Å². The van der Waals surface area contributed by atoms with Crippen LogP contribution in [0.2, 0.25) is 15.2 Å². The van der Waals surface area contributed by atoms with Crippen LogP contribution in [-0.2, 0) is 11.3 Å². The Bertz CT molecular complexity index is 892. The molecule has 0 atom stereocenters. The molecule has 8 heteroatoms. The van der Waals surface area contributed by atoms with Crippen molar-refractivity contribution in [1.29, 1.82) is 0 Å². The molecule has 1 N–H and O–H groups in total. The molecule has 0 spiro atoms. The molecule has 5 nitrogen and oxygen atoms in total. The molecule has 112 valence electrons. The number of benzene rings is 1. The molecule has 0 radical (unpaired) electrons. The summed E-state index contributed by atoms with van der Waals surface area (Å²) in [5.74, 6) is -0.990. The van der Waals surface area contributed by atoms with Gasteiger partial charge in [0.25, 0.3) is 0 Å². The van der Waals surface area contributed by atoms with Crippen molar-refractivity contribution in [2.24, 2.45) is 0 Å². The van der Waals surface area contributed by atoms with Gasteiger partial charge in [-0.1, -0.05) is 46.9 Å². The Kier molecular flexibility index (Phi) is 3.95. The quantitative estimate of drug-likeness (QED) is 0.716. The maximum Gasteiger partial charge on any atom is 0.323 e. The van der Waals surface area contributed by atoms with Crippen LogP contribution in [-0.4, -0.2) is 25.6 Å². The second kappa shape index (κ2) is 5.76. The topological polar surface area (TPSA) is 68.0 Å². The molecule has 0 unspecified atom stereocenters. The SMILES string of the molecule is O=C(O)Cn1cc(-c2cccc(Cl)c2Cl)c2c(Cl)ncnc21. The lowest BCUT2D eigenvalue weighted by atomic mass is 10.1. The Labute approximate surface area is 140 Å². The fourth-order valence-electron chi connectivity index (χ4n) is 2.27. The van der Waals surface area contributed by atoms with Crippen molar-refractivity contribution >= 4 is 51.8 Å². The Morgan fingerprint density at radius 2 is 1.95 bits per heavy atom. The van der Waals surface area contributed by atoms with E-state index in [9.17, 15) is 4.79 Å². The summed E-state index contributed by atoms with van der Waals surface area (Å²) in [6.07, 6.45) is 2.92. The van der Waals surface area contributed by atoms with E-state index in [0.29, 0.717) is 32.2 Å². The van der Waals surface area contributed by atoms with E-state index in [1.54, 1.807) is 24.4 Å². The van der Waals surface area contributed by atoms with E-state index >= 15 is 0 Å². The molecule has 0 fully saturated rings. The summed E-state index contributed by atoms with van der Waals surface area (Å²) in [5.41, 5.74) is 1.70. The fraction of sp³-hybridized carbons (Fsp3) is 0.0714. The standard InChI is InChI=1S/C14H8Cl3N3O2/c15-9-3-1-2-7(12(9)16)8-4-20(5-10(21)22)14-11(8)13(17)18-6-19-14/h1-4,6H,5H2,(H,21,22). The monoisotopic (exact) mass is 355 g/mol. The number of hydrogen-bond acceptors (Lipinski definition) is 3. The van der Waals surface area contributed by atoms with Gasteiger partial charge in [-0.05, 0) is 6.07 Å². The maximum absolute atomic E-state index is 11.0. The van der Waals surface area contributed by atoms with Gasteiger partial charge in [0, 0.05) is 17.3 Å². The van der Waals surface area contributed by atoms with Crippen LogP contribution in [0.3, 0.4) is 0 Å². The molecule has 0 saturated heterocycles. The molecule has 0 amide bonds. The lowest BCUT2D eigenvalue weighted by molar-refractivity contribution is -0.137. The molecule has 0 saturated carbocycles. The van der Waals surface area contributed by atoms with Gasteiger partial charge in [-0.25, -0.2) is 9.97 Å². The molecule has 22 heavy (non-hydrogen) atoms. The average Bonchev–Trinajstić information content (AvgIpc) is 2.81. The van der Waals surface area contributed by atoms with Crippen LogP contribution in [0.1, 0.15) is 0 Å².